The SMILES string of the molecule is Cc1ccc(C(=O)N(CCCN)[C@@H](c2nc3snc(C)c3c(=O)n2Cc2ccc(F)cc2)C(C)C)cc1. The van der Waals surface area contributed by atoms with Crippen LogP contribution in [0.25, 0.3) is 10.2 Å². The van der Waals surface area contributed by atoms with Gasteiger partial charge in [-0.2, -0.15) is 4.37 Å². The first-order chi connectivity index (χ1) is 17.7. The van der Waals surface area contributed by atoms with Gasteiger partial charge in [-0.15, -0.1) is 0 Å². The molecular weight excluding hydrogens is 489 g/mol. The second-order valence-electron chi connectivity index (χ2n) is 9.63. The van der Waals surface area contributed by atoms with Crippen molar-refractivity contribution in [3.63, 3.8) is 0 Å². The van der Waals surface area contributed by atoms with E-state index in [0.717, 1.165) is 11.1 Å². The highest BCUT2D eigenvalue weighted by molar-refractivity contribution is 7.12. The van der Waals surface area contributed by atoms with E-state index in [-0.39, 0.29) is 29.7 Å². The summed E-state index contributed by atoms with van der Waals surface area (Å²) in [6.07, 6.45) is 0.602. The Balaban J connectivity index is 1.90. The van der Waals surface area contributed by atoms with Gasteiger partial charge in [0.2, 0.25) is 0 Å². The van der Waals surface area contributed by atoms with Gasteiger partial charge in [0.15, 0.2) is 4.83 Å². The molecule has 0 unspecified atom stereocenters. The lowest BCUT2D eigenvalue weighted by atomic mass is 9.98. The van der Waals surface area contributed by atoms with Crippen molar-refractivity contribution >= 4 is 27.7 Å². The molecule has 4 rings (SSSR count). The van der Waals surface area contributed by atoms with Crippen LogP contribution in [0.2, 0.25) is 0 Å². The Hall–Kier alpha value is -3.43. The maximum absolute atomic E-state index is 13.9. The van der Waals surface area contributed by atoms with Crippen LogP contribution in [0.3, 0.4) is 0 Å². The number of carbonyl (C=O) groups excluding carboxylic acids is 1. The van der Waals surface area contributed by atoms with Gasteiger partial charge in [-0.05, 0) is 74.1 Å². The zero-order chi connectivity index (χ0) is 26.7. The van der Waals surface area contributed by atoms with Crippen molar-refractivity contribution in [2.75, 3.05) is 13.1 Å². The summed E-state index contributed by atoms with van der Waals surface area (Å²) in [5, 5.41) is 0.469. The lowest BCUT2D eigenvalue weighted by molar-refractivity contribution is 0.0603. The number of hydrogen-bond donors (Lipinski definition) is 1. The monoisotopic (exact) mass is 521 g/mol. The maximum Gasteiger partial charge on any atom is 0.264 e. The van der Waals surface area contributed by atoms with Crippen LogP contribution in [0.4, 0.5) is 4.39 Å². The molecule has 0 fully saturated rings. The van der Waals surface area contributed by atoms with Crippen LogP contribution < -0.4 is 11.3 Å². The number of amides is 1. The summed E-state index contributed by atoms with van der Waals surface area (Å²) in [7, 11) is 0. The van der Waals surface area contributed by atoms with E-state index < -0.39 is 6.04 Å². The van der Waals surface area contributed by atoms with Crippen LogP contribution in [0, 0.1) is 25.6 Å². The number of halogens is 1. The van der Waals surface area contributed by atoms with Crippen LogP contribution in [-0.4, -0.2) is 37.8 Å². The molecule has 0 saturated heterocycles. The zero-order valence-corrected chi connectivity index (χ0v) is 22.4. The molecule has 0 aliphatic carbocycles. The maximum atomic E-state index is 13.9. The van der Waals surface area contributed by atoms with Crippen molar-refractivity contribution in [1.29, 1.82) is 0 Å². The average Bonchev–Trinajstić information content (AvgIpc) is 3.25. The molecule has 9 heteroatoms. The highest BCUT2D eigenvalue weighted by atomic mass is 32.1. The van der Waals surface area contributed by atoms with Gasteiger partial charge in [0.1, 0.15) is 11.6 Å². The molecule has 1 amide bonds. The Morgan fingerprint density at radius 3 is 2.41 bits per heavy atom. The van der Waals surface area contributed by atoms with E-state index in [1.807, 2.05) is 45.0 Å². The number of benzene rings is 2. The van der Waals surface area contributed by atoms with E-state index in [0.29, 0.717) is 46.8 Å². The summed E-state index contributed by atoms with van der Waals surface area (Å²) >= 11 is 1.18. The van der Waals surface area contributed by atoms with Gasteiger partial charge in [-0.1, -0.05) is 43.7 Å². The summed E-state index contributed by atoms with van der Waals surface area (Å²) < 4.78 is 19.6. The van der Waals surface area contributed by atoms with Crippen molar-refractivity contribution in [2.24, 2.45) is 11.7 Å². The molecule has 2 aromatic heterocycles. The number of rotatable bonds is 9. The van der Waals surface area contributed by atoms with Crippen molar-refractivity contribution in [3.8, 4) is 0 Å². The third-order valence-corrected chi connectivity index (χ3v) is 7.28. The van der Waals surface area contributed by atoms with E-state index in [4.69, 9.17) is 10.7 Å². The summed E-state index contributed by atoms with van der Waals surface area (Å²) in [4.78, 5) is 35.0. The van der Waals surface area contributed by atoms with Crippen LogP contribution in [0.1, 0.15) is 59.3 Å². The predicted octanol–water partition coefficient (Wildman–Crippen LogP) is 4.85. The zero-order valence-electron chi connectivity index (χ0n) is 21.6. The fourth-order valence-electron chi connectivity index (χ4n) is 4.52. The Kier molecular flexibility index (Phi) is 8.14. The van der Waals surface area contributed by atoms with E-state index >= 15 is 0 Å². The minimum Gasteiger partial charge on any atom is -0.330 e. The molecule has 2 heterocycles. The Morgan fingerprint density at radius 1 is 1.11 bits per heavy atom. The minimum absolute atomic E-state index is 0.0648. The summed E-state index contributed by atoms with van der Waals surface area (Å²) in [5.74, 6) is -0.0715. The highest BCUT2D eigenvalue weighted by Crippen LogP contribution is 2.31. The largest absolute Gasteiger partial charge is 0.330 e. The van der Waals surface area contributed by atoms with Crippen LogP contribution in [0.5, 0.6) is 0 Å². The van der Waals surface area contributed by atoms with Crippen molar-refractivity contribution in [3.05, 3.63) is 92.9 Å². The molecule has 0 aliphatic heterocycles. The van der Waals surface area contributed by atoms with Gasteiger partial charge in [0.05, 0.1) is 23.7 Å². The van der Waals surface area contributed by atoms with Crippen molar-refractivity contribution in [1.82, 2.24) is 18.8 Å². The molecule has 4 aromatic rings. The first kappa shape index (κ1) is 26.6. The Bertz CT molecular complexity index is 1440. The highest BCUT2D eigenvalue weighted by Gasteiger charge is 2.33. The molecule has 0 aliphatic rings. The number of nitrogens with zero attached hydrogens (tertiary/aromatic N) is 4. The number of hydrogen-bond acceptors (Lipinski definition) is 6. The number of carbonyl (C=O) groups is 1. The van der Waals surface area contributed by atoms with E-state index in [9.17, 15) is 14.0 Å². The summed E-state index contributed by atoms with van der Waals surface area (Å²) in [6, 6.07) is 13.0. The molecule has 0 radical (unpaired) electrons. The lowest BCUT2D eigenvalue weighted by Gasteiger charge is -2.35. The minimum atomic E-state index is -0.500. The number of fused-ring (bicyclic) bond motifs is 1. The molecule has 0 bridgehead atoms. The fraction of sp³-hybridized carbons (Fsp3) is 0.357. The van der Waals surface area contributed by atoms with Gasteiger partial charge in [0, 0.05) is 12.1 Å². The third kappa shape index (κ3) is 5.62. The third-order valence-electron chi connectivity index (χ3n) is 6.44. The van der Waals surface area contributed by atoms with Crippen LogP contribution in [0.15, 0.2) is 53.3 Å². The van der Waals surface area contributed by atoms with Gasteiger partial charge >= 0.3 is 0 Å². The molecule has 37 heavy (non-hydrogen) atoms. The normalized spacial score (nSPS) is 12.3. The molecule has 2 N–H and O–H groups in total. The molecule has 7 nitrogen and oxygen atoms in total. The topological polar surface area (TPSA) is 94.1 Å². The summed E-state index contributed by atoms with van der Waals surface area (Å²) in [5.41, 5.74) is 8.63. The molecular formula is C28H32FN5O2S. The van der Waals surface area contributed by atoms with Crippen molar-refractivity contribution in [2.45, 2.75) is 46.7 Å². The van der Waals surface area contributed by atoms with E-state index in [2.05, 4.69) is 4.37 Å². The lowest BCUT2D eigenvalue weighted by Crippen LogP contribution is -2.42. The Morgan fingerprint density at radius 2 is 1.78 bits per heavy atom. The molecule has 194 valence electrons. The predicted molar refractivity (Wildman–Crippen MR) is 145 cm³/mol. The summed E-state index contributed by atoms with van der Waals surface area (Å²) in [6.45, 7) is 8.82. The van der Waals surface area contributed by atoms with Crippen LogP contribution in [-0.2, 0) is 6.54 Å². The van der Waals surface area contributed by atoms with Crippen LogP contribution >= 0.6 is 11.5 Å². The number of aryl methyl sites for hydroxylation is 2. The van der Waals surface area contributed by atoms with Gasteiger partial charge in [-0.25, -0.2) is 9.37 Å². The fourth-order valence-corrected chi connectivity index (χ4v) is 5.30. The molecule has 2 aromatic carbocycles. The smallest absolute Gasteiger partial charge is 0.264 e. The molecule has 1 atom stereocenters. The van der Waals surface area contributed by atoms with E-state index in [1.165, 1.54) is 23.7 Å². The number of aromatic nitrogens is 3. The first-order valence-electron chi connectivity index (χ1n) is 12.4. The van der Waals surface area contributed by atoms with Gasteiger partial charge in [0.25, 0.3) is 11.5 Å². The molecule has 0 spiro atoms. The molecule has 0 saturated carbocycles. The second kappa shape index (κ2) is 11.3. The van der Waals surface area contributed by atoms with Crippen molar-refractivity contribution < 1.29 is 9.18 Å². The van der Waals surface area contributed by atoms with Gasteiger partial charge in [-0.3, -0.25) is 14.2 Å². The quantitative estimate of drug-likeness (QED) is 0.340. The first-order valence-corrected chi connectivity index (χ1v) is 13.2. The standard InChI is InChI=1S/C28H32FN5O2S/c1-17(2)24(33(15-5-14-30)27(35)21-10-6-18(3)7-11-21)25-31-26-23(19(4)32-37-26)28(36)34(25)16-20-8-12-22(29)13-9-20/h6-13,17,24H,5,14-16,30H2,1-4H3/t24-/m1/s1. The Labute approximate surface area is 219 Å². The average molecular weight is 522 g/mol. The number of nitrogens with two attached hydrogens (primary N) is 1. The second-order valence-corrected chi connectivity index (χ2v) is 10.4. The van der Waals surface area contributed by atoms with Gasteiger partial charge < -0.3 is 10.6 Å². The van der Waals surface area contributed by atoms with E-state index in [1.54, 1.807) is 28.5 Å².